The first-order valence-corrected chi connectivity index (χ1v) is 7.84. The Labute approximate surface area is 140 Å². The van der Waals surface area contributed by atoms with Crippen molar-refractivity contribution in [2.45, 2.75) is 38.1 Å². The standard InChI is InChI=1S/C15H24N2O7/c1-9(2)11(16-14(20)22-4)12(18)17-8-15(23-5-6-24-15)7-10(17)13(19)21-3/h9-11H,5-8H2,1-4H3,(H,16,20)/t10-,11?/m0/s1. The number of rotatable bonds is 4. The van der Waals surface area contributed by atoms with Gasteiger partial charge in [0.05, 0.1) is 34.0 Å². The van der Waals surface area contributed by atoms with Crippen LogP contribution in [0.2, 0.25) is 0 Å². The van der Waals surface area contributed by atoms with Crippen molar-refractivity contribution in [3.05, 3.63) is 0 Å². The van der Waals surface area contributed by atoms with Crippen molar-refractivity contribution in [3.63, 3.8) is 0 Å². The molecule has 9 nitrogen and oxygen atoms in total. The molecule has 1 spiro atoms. The highest BCUT2D eigenvalue weighted by Gasteiger charge is 2.54. The molecule has 2 atom stereocenters. The van der Waals surface area contributed by atoms with Crippen LogP contribution in [0.5, 0.6) is 0 Å². The van der Waals surface area contributed by atoms with Crippen LogP contribution in [0.1, 0.15) is 20.3 Å². The second-order valence-corrected chi connectivity index (χ2v) is 6.17. The summed E-state index contributed by atoms with van der Waals surface area (Å²) in [5.74, 6) is -2.13. The van der Waals surface area contributed by atoms with Crippen molar-refractivity contribution in [1.29, 1.82) is 0 Å². The van der Waals surface area contributed by atoms with Gasteiger partial charge in [0, 0.05) is 6.42 Å². The number of methoxy groups -OCH3 is 2. The lowest BCUT2D eigenvalue weighted by molar-refractivity contribution is -0.153. The molecule has 0 aromatic heterocycles. The molecule has 0 radical (unpaired) electrons. The number of hydrogen-bond acceptors (Lipinski definition) is 7. The largest absolute Gasteiger partial charge is 0.467 e. The first-order chi connectivity index (χ1) is 11.3. The predicted molar refractivity (Wildman–Crippen MR) is 80.9 cm³/mol. The van der Waals surface area contributed by atoms with E-state index in [0.717, 1.165) is 0 Å². The Morgan fingerprint density at radius 1 is 1.17 bits per heavy atom. The van der Waals surface area contributed by atoms with E-state index >= 15 is 0 Å². The summed E-state index contributed by atoms with van der Waals surface area (Å²) in [6.07, 6.45) is -0.506. The molecule has 1 unspecified atom stereocenters. The number of nitrogens with one attached hydrogen (secondary N) is 1. The number of hydrogen-bond donors (Lipinski definition) is 1. The lowest BCUT2D eigenvalue weighted by Gasteiger charge is -2.29. The summed E-state index contributed by atoms with van der Waals surface area (Å²) in [6.45, 7) is 4.51. The fourth-order valence-electron chi connectivity index (χ4n) is 3.00. The van der Waals surface area contributed by atoms with Gasteiger partial charge >= 0.3 is 12.1 Å². The molecule has 136 valence electrons. The molecule has 2 saturated heterocycles. The normalized spacial score (nSPS) is 23.4. The minimum Gasteiger partial charge on any atom is -0.467 e. The fraction of sp³-hybridized carbons (Fsp3) is 0.800. The van der Waals surface area contributed by atoms with Crippen LogP contribution in [0.3, 0.4) is 0 Å². The van der Waals surface area contributed by atoms with Crippen molar-refractivity contribution < 1.29 is 33.3 Å². The van der Waals surface area contributed by atoms with E-state index in [1.165, 1.54) is 19.1 Å². The van der Waals surface area contributed by atoms with Crippen molar-refractivity contribution in [3.8, 4) is 0 Å². The first-order valence-electron chi connectivity index (χ1n) is 7.84. The smallest absolute Gasteiger partial charge is 0.407 e. The Bertz CT molecular complexity index is 502. The summed E-state index contributed by atoms with van der Waals surface area (Å²) in [5.41, 5.74) is 0. The number of esters is 1. The highest BCUT2D eigenvalue weighted by atomic mass is 16.7. The van der Waals surface area contributed by atoms with E-state index in [9.17, 15) is 14.4 Å². The molecule has 0 aromatic carbocycles. The van der Waals surface area contributed by atoms with Crippen LogP contribution in [-0.4, -0.2) is 74.7 Å². The van der Waals surface area contributed by atoms with Gasteiger partial charge in [-0.3, -0.25) is 4.79 Å². The van der Waals surface area contributed by atoms with E-state index in [1.807, 2.05) is 0 Å². The maximum atomic E-state index is 12.9. The maximum Gasteiger partial charge on any atom is 0.407 e. The maximum absolute atomic E-state index is 12.9. The lowest BCUT2D eigenvalue weighted by Crippen LogP contribution is -2.54. The molecule has 1 N–H and O–H groups in total. The average molecular weight is 344 g/mol. The second kappa shape index (κ2) is 7.35. The van der Waals surface area contributed by atoms with E-state index < -0.39 is 35.8 Å². The number of nitrogens with zero attached hydrogens (tertiary/aromatic N) is 1. The molecule has 2 aliphatic rings. The summed E-state index contributed by atoms with van der Waals surface area (Å²) >= 11 is 0. The Balaban J connectivity index is 2.22. The quantitative estimate of drug-likeness (QED) is 0.709. The summed E-state index contributed by atoms with van der Waals surface area (Å²) in [6, 6.07) is -1.65. The fourth-order valence-corrected chi connectivity index (χ4v) is 3.00. The molecule has 2 rings (SSSR count). The van der Waals surface area contributed by atoms with Gasteiger partial charge in [0.25, 0.3) is 0 Å². The third-order valence-electron chi connectivity index (χ3n) is 4.25. The summed E-state index contributed by atoms with van der Waals surface area (Å²) in [4.78, 5) is 37.9. The SMILES string of the molecule is COC(=O)NC(C(=O)N1CC2(C[C@H]1C(=O)OC)OCCO2)C(C)C. The lowest BCUT2D eigenvalue weighted by atomic mass is 10.0. The van der Waals surface area contributed by atoms with E-state index in [4.69, 9.17) is 14.2 Å². The third-order valence-corrected chi connectivity index (χ3v) is 4.25. The Morgan fingerprint density at radius 3 is 2.29 bits per heavy atom. The Morgan fingerprint density at radius 2 is 1.79 bits per heavy atom. The molecule has 0 bridgehead atoms. The number of ether oxygens (including phenoxy) is 4. The monoisotopic (exact) mass is 344 g/mol. The molecular weight excluding hydrogens is 320 g/mol. The van der Waals surface area contributed by atoms with Crippen molar-refractivity contribution >= 4 is 18.0 Å². The van der Waals surface area contributed by atoms with Gasteiger partial charge in [-0.25, -0.2) is 9.59 Å². The van der Waals surface area contributed by atoms with E-state index in [1.54, 1.807) is 13.8 Å². The van der Waals surface area contributed by atoms with E-state index in [2.05, 4.69) is 10.1 Å². The number of amides is 2. The molecular formula is C15H24N2O7. The minimum atomic E-state index is -0.985. The molecule has 2 aliphatic heterocycles. The van der Waals surface area contributed by atoms with Gasteiger partial charge in [-0.2, -0.15) is 0 Å². The third kappa shape index (κ3) is 3.62. The molecule has 0 saturated carbocycles. The van der Waals surface area contributed by atoms with Crippen LogP contribution in [-0.2, 0) is 28.5 Å². The molecule has 0 aromatic rings. The molecule has 24 heavy (non-hydrogen) atoms. The van der Waals surface area contributed by atoms with Crippen LogP contribution in [0.25, 0.3) is 0 Å². The summed E-state index contributed by atoms with van der Waals surface area (Å²) in [5, 5.41) is 2.51. The highest BCUT2D eigenvalue weighted by molar-refractivity contribution is 5.90. The van der Waals surface area contributed by atoms with Gasteiger partial charge < -0.3 is 29.2 Å². The Kier molecular flexibility index (Phi) is 5.66. The van der Waals surface area contributed by atoms with Crippen LogP contribution < -0.4 is 5.32 Å². The average Bonchev–Trinajstić information content (AvgIpc) is 3.18. The number of likely N-dealkylation sites (tertiary alicyclic amines) is 1. The number of carbonyl (C=O) groups excluding carboxylic acids is 3. The van der Waals surface area contributed by atoms with Crippen LogP contribution in [0.15, 0.2) is 0 Å². The van der Waals surface area contributed by atoms with Gasteiger partial charge in [0.2, 0.25) is 5.91 Å². The van der Waals surface area contributed by atoms with Gasteiger partial charge in [0.15, 0.2) is 5.79 Å². The number of carbonyl (C=O) groups is 3. The molecule has 2 heterocycles. The Hall–Kier alpha value is -1.87. The number of alkyl carbamates (subject to hydrolysis) is 1. The zero-order valence-electron chi connectivity index (χ0n) is 14.4. The summed E-state index contributed by atoms with van der Waals surface area (Å²) in [7, 11) is 2.48. The first kappa shape index (κ1) is 18.5. The van der Waals surface area contributed by atoms with E-state index in [0.29, 0.717) is 13.2 Å². The van der Waals surface area contributed by atoms with Crippen molar-refractivity contribution in [1.82, 2.24) is 10.2 Å². The highest BCUT2D eigenvalue weighted by Crippen LogP contribution is 2.35. The molecule has 9 heteroatoms. The van der Waals surface area contributed by atoms with Crippen LogP contribution in [0, 0.1) is 5.92 Å². The van der Waals surface area contributed by atoms with Gasteiger partial charge in [0.1, 0.15) is 12.1 Å². The second-order valence-electron chi connectivity index (χ2n) is 6.17. The molecule has 2 amide bonds. The van der Waals surface area contributed by atoms with Gasteiger partial charge in [-0.1, -0.05) is 13.8 Å². The van der Waals surface area contributed by atoms with E-state index in [-0.39, 0.29) is 18.9 Å². The zero-order chi connectivity index (χ0) is 17.9. The van der Waals surface area contributed by atoms with Crippen LogP contribution in [0.4, 0.5) is 4.79 Å². The topological polar surface area (TPSA) is 103 Å². The predicted octanol–water partition coefficient (Wildman–Crippen LogP) is -0.116. The summed E-state index contributed by atoms with van der Waals surface area (Å²) < 4.78 is 20.6. The minimum absolute atomic E-state index is 0.109. The molecule has 2 fully saturated rings. The van der Waals surface area contributed by atoms with Crippen molar-refractivity contribution in [2.75, 3.05) is 34.0 Å². The van der Waals surface area contributed by atoms with Gasteiger partial charge in [-0.05, 0) is 5.92 Å². The van der Waals surface area contributed by atoms with Gasteiger partial charge in [-0.15, -0.1) is 0 Å². The zero-order valence-corrected chi connectivity index (χ0v) is 14.4. The van der Waals surface area contributed by atoms with Crippen molar-refractivity contribution in [2.24, 2.45) is 5.92 Å². The molecule has 0 aliphatic carbocycles. The van der Waals surface area contributed by atoms with Crippen LogP contribution >= 0.6 is 0 Å².